The number of tetrazole rings is 1. The van der Waals surface area contributed by atoms with E-state index >= 15 is 0 Å². The number of hydrogen-bond acceptors (Lipinski definition) is 5. The zero-order valence-corrected chi connectivity index (χ0v) is 13.4. The first-order valence-corrected chi connectivity index (χ1v) is 7.49. The minimum atomic E-state index is 0.106. The number of benzene rings is 1. The van der Waals surface area contributed by atoms with Gasteiger partial charge in [-0.25, -0.2) is 9.67 Å². The average Bonchev–Trinajstić information content (AvgIpc) is 3.10. The van der Waals surface area contributed by atoms with Gasteiger partial charge in [0.05, 0.1) is 29.7 Å². The summed E-state index contributed by atoms with van der Waals surface area (Å²) in [5.41, 5.74) is 2.15. The van der Waals surface area contributed by atoms with E-state index in [4.69, 9.17) is 4.98 Å². The molecular weight excluding hydrogens is 278 g/mol. The molecule has 3 aromatic rings. The second kappa shape index (κ2) is 5.84. The quantitative estimate of drug-likeness (QED) is 0.780. The van der Waals surface area contributed by atoms with Crippen molar-refractivity contribution in [3.63, 3.8) is 0 Å². The molecule has 0 saturated heterocycles. The molecule has 0 radical (unpaired) electrons. The van der Waals surface area contributed by atoms with Crippen LogP contribution in [0.1, 0.15) is 44.5 Å². The van der Waals surface area contributed by atoms with Crippen molar-refractivity contribution in [3.8, 4) is 0 Å². The molecule has 0 spiro atoms. The summed E-state index contributed by atoms with van der Waals surface area (Å²) in [5.74, 6) is 1.84. The lowest BCUT2D eigenvalue weighted by molar-refractivity contribution is 0.460. The van der Waals surface area contributed by atoms with Crippen molar-refractivity contribution in [2.45, 2.75) is 39.4 Å². The molecule has 0 unspecified atom stereocenters. The molecule has 1 atom stereocenters. The molecule has 7 heteroatoms. The zero-order valence-electron chi connectivity index (χ0n) is 13.4. The Bertz CT molecular complexity index is 771. The van der Waals surface area contributed by atoms with Gasteiger partial charge in [-0.3, -0.25) is 0 Å². The summed E-state index contributed by atoms with van der Waals surface area (Å²) in [4.78, 5) is 4.71. The lowest BCUT2D eigenvalue weighted by Gasteiger charge is -2.14. The van der Waals surface area contributed by atoms with Crippen molar-refractivity contribution < 1.29 is 0 Å². The maximum absolute atomic E-state index is 4.71. The fourth-order valence-corrected chi connectivity index (χ4v) is 2.62. The lowest BCUT2D eigenvalue weighted by atomic mass is 10.3. The smallest absolute Gasteiger partial charge is 0.165 e. The number of aromatic nitrogens is 6. The Morgan fingerprint density at radius 2 is 1.95 bits per heavy atom. The summed E-state index contributed by atoms with van der Waals surface area (Å²) in [5, 5.41) is 15.3. The van der Waals surface area contributed by atoms with Gasteiger partial charge < -0.3 is 9.88 Å². The first-order chi connectivity index (χ1) is 10.6. The second-order valence-corrected chi connectivity index (χ2v) is 5.75. The van der Waals surface area contributed by atoms with E-state index < -0.39 is 0 Å². The number of para-hydroxylation sites is 2. The molecular formula is C15H21N7. The second-order valence-electron chi connectivity index (χ2n) is 5.75. The number of nitrogens with one attached hydrogen (secondary N) is 1. The summed E-state index contributed by atoms with van der Waals surface area (Å²) in [6.45, 7) is 6.84. The number of fused-ring (bicyclic) bond motifs is 1. The van der Waals surface area contributed by atoms with E-state index in [1.54, 1.807) is 0 Å². The Balaban J connectivity index is 1.77. The monoisotopic (exact) mass is 299 g/mol. The van der Waals surface area contributed by atoms with Gasteiger partial charge in [0.25, 0.3) is 0 Å². The highest BCUT2D eigenvalue weighted by Crippen LogP contribution is 2.19. The van der Waals surface area contributed by atoms with Crippen LogP contribution in [0.2, 0.25) is 0 Å². The van der Waals surface area contributed by atoms with Gasteiger partial charge in [0.2, 0.25) is 0 Å². The van der Waals surface area contributed by atoms with Gasteiger partial charge in [0.1, 0.15) is 5.82 Å². The van der Waals surface area contributed by atoms with Gasteiger partial charge in [-0.05, 0) is 43.3 Å². The zero-order chi connectivity index (χ0) is 15.7. The lowest BCUT2D eigenvalue weighted by Crippen LogP contribution is -2.23. The molecule has 0 fully saturated rings. The van der Waals surface area contributed by atoms with E-state index in [1.165, 1.54) is 0 Å². The van der Waals surface area contributed by atoms with Gasteiger partial charge in [-0.1, -0.05) is 12.1 Å². The van der Waals surface area contributed by atoms with Gasteiger partial charge in [0, 0.05) is 7.05 Å². The first kappa shape index (κ1) is 14.6. The first-order valence-electron chi connectivity index (χ1n) is 7.49. The van der Waals surface area contributed by atoms with Crippen LogP contribution in [0, 0.1) is 0 Å². The van der Waals surface area contributed by atoms with Crippen LogP contribution in [0.4, 0.5) is 0 Å². The predicted octanol–water partition coefficient (Wildman–Crippen LogP) is 1.99. The van der Waals surface area contributed by atoms with E-state index in [0.717, 1.165) is 22.7 Å². The predicted molar refractivity (Wildman–Crippen MR) is 84.2 cm³/mol. The van der Waals surface area contributed by atoms with Crippen molar-refractivity contribution in [3.05, 3.63) is 35.9 Å². The van der Waals surface area contributed by atoms with Crippen molar-refractivity contribution in [2.24, 2.45) is 7.05 Å². The molecule has 0 aliphatic carbocycles. The number of nitrogens with zero attached hydrogens (tertiary/aromatic N) is 6. The van der Waals surface area contributed by atoms with E-state index in [2.05, 4.69) is 52.2 Å². The summed E-state index contributed by atoms with van der Waals surface area (Å²) < 4.78 is 3.95. The summed E-state index contributed by atoms with van der Waals surface area (Å²) >= 11 is 0. The summed E-state index contributed by atoms with van der Waals surface area (Å²) in [6, 6.07) is 8.51. The minimum Gasteiger partial charge on any atom is -0.330 e. The number of imidazole rings is 1. The topological polar surface area (TPSA) is 73.5 Å². The molecule has 0 aliphatic rings. The Kier molecular flexibility index (Phi) is 3.89. The maximum Gasteiger partial charge on any atom is 0.165 e. The van der Waals surface area contributed by atoms with Crippen LogP contribution in [0.15, 0.2) is 24.3 Å². The van der Waals surface area contributed by atoms with E-state index in [0.29, 0.717) is 6.54 Å². The third-order valence-corrected chi connectivity index (χ3v) is 3.83. The Hall–Kier alpha value is -2.28. The van der Waals surface area contributed by atoms with Crippen LogP contribution >= 0.6 is 0 Å². The van der Waals surface area contributed by atoms with Gasteiger partial charge in [-0.2, -0.15) is 0 Å². The molecule has 0 aliphatic heterocycles. The van der Waals surface area contributed by atoms with E-state index in [1.807, 2.05) is 29.9 Å². The molecule has 0 saturated carbocycles. The van der Waals surface area contributed by atoms with Crippen LogP contribution in [-0.2, 0) is 13.6 Å². The van der Waals surface area contributed by atoms with E-state index in [9.17, 15) is 0 Å². The van der Waals surface area contributed by atoms with Crippen molar-refractivity contribution in [2.75, 3.05) is 0 Å². The Morgan fingerprint density at radius 1 is 1.18 bits per heavy atom. The molecule has 22 heavy (non-hydrogen) atoms. The standard InChI is InChI=1S/C15H21N7/c1-10(2)22-14(18-19-20-22)9-16-11(3)15-17-12-7-5-6-8-13(12)21(15)4/h5-8,10-11,16H,9H2,1-4H3/t11-/m1/s1. The van der Waals surface area contributed by atoms with Gasteiger partial charge in [-0.15, -0.1) is 5.10 Å². The highest BCUT2D eigenvalue weighted by molar-refractivity contribution is 5.75. The van der Waals surface area contributed by atoms with Crippen LogP contribution in [0.3, 0.4) is 0 Å². The maximum atomic E-state index is 4.71. The van der Waals surface area contributed by atoms with Crippen molar-refractivity contribution >= 4 is 11.0 Å². The SMILES string of the molecule is CC(C)n1nnnc1CN[C@H](C)c1nc2ccccc2n1C. The number of hydrogen-bond donors (Lipinski definition) is 1. The number of rotatable bonds is 5. The van der Waals surface area contributed by atoms with Crippen molar-refractivity contribution in [1.29, 1.82) is 0 Å². The highest BCUT2D eigenvalue weighted by atomic mass is 15.5. The summed E-state index contributed by atoms with van der Waals surface area (Å²) in [7, 11) is 2.04. The highest BCUT2D eigenvalue weighted by Gasteiger charge is 2.16. The molecule has 3 rings (SSSR count). The van der Waals surface area contributed by atoms with Crippen LogP contribution in [-0.4, -0.2) is 29.8 Å². The Labute approximate surface area is 129 Å². The largest absolute Gasteiger partial charge is 0.330 e. The Morgan fingerprint density at radius 3 is 2.68 bits per heavy atom. The molecule has 7 nitrogen and oxygen atoms in total. The van der Waals surface area contributed by atoms with Crippen LogP contribution in [0.5, 0.6) is 0 Å². The molecule has 2 aromatic heterocycles. The molecule has 0 bridgehead atoms. The van der Waals surface area contributed by atoms with Gasteiger partial charge >= 0.3 is 0 Å². The minimum absolute atomic E-state index is 0.106. The normalized spacial score (nSPS) is 13.1. The number of aryl methyl sites for hydroxylation is 1. The molecule has 1 aromatic carbocycles. The average molecular weight is 299 g/mol. The molecule has 1 N–H and O–H groups in total. The molecule has 116 valence electrons. The third kappa shape index (κ3) is 2.59. The fourth-order valence-electron chi connectivity index (χ4n) is 2.62. The molecule has 0 amide bonds. The van der Waals surface area contributed by atoms with E-state index in [-0.39, 0.29) is 12.1 Å². The van der Waals surface area contributed by atoms with Crippen LogP contribution in [0.25, 0.3) is 11.0 Å². The fraction of sp³-hybridized carbons (Fsp3) is 0.467. The summed E-state index contributed by atoms with van der Waals surface area (Å²) in [6.07, 6.45) is 0. The molecule has 2 heterocycles. The van der Waals surface area contributed by atoms with Crippen LogP contribution < -0.4 is 5.32 Å². The van der Waals surface area contributed by atoms with Gasteiger partial charge in [0.15, 0.2) is 5.82 Å². The van der Waals surface area contributed by atoms with Crippen molar-refractivity contribution in [1.82, 2.24) is 35.1 Å². The third-order valence-electron chi connectivity index (χ3n) is 3.83.